The van der Waals surface area contributed by atoms with E-state index in [1.54, 1.807) is 19.3 Å². The number of ether oxygens (including phenoxy) is 2. The van der Waals surface area contributed by atoms with Crippen molar-refractivity contribution in [3.8, 4) is 22.8 Å². The lowest BCUT2D eigenvalue weighted by Crippen LogP contribution is -2.49. The minimum absolute atomic E-state index is 0.0330. The standard InChI is InChI=1S/C22H21N5O4/c1-13-9-16-20(24-10-13)27(2)22(29)15(12-31-16)25-21(28)19-23-11-17(30-3)18(26-19)14-7-5-4-6-8-14/h4-11,15H,12H2,1-3H3,(H,25,28)/t15-/m0/s1. The number of nitrogens with zero attached hydrogens (tertiary/aromatic N) is 4. The molecule has 0 fully saturated rings. The van der Waals surface area contributed by atoms with Crippen LogP contribution in [0.4, 0.5) is 5.82 Å². The van der Waals surface area contributed by atoms with Crippen molar-refractivity contribution in [2.45, 2.75) is 13.0 Å². The summed E-state index contributed by atoms with van der Waals surface area (Å²) in [6.45, 7) is 1.85. The molecule has 158 valence electrons. The Labute approximate surface area is 179 Å². The first-order chi connectivity index (χ1) is 15.0. The zero-order valence-electron chi connectivity index (χ0n) is 17.3. The molecule has 4 rings (SSSR count). The molecule has 1 aliphatic rings. The van der Waals surface area contributed by atoms with Crippen LogP contribution < -0.4 is 19.7 Å². The zero-order valence-corrected chi connectivity index (χ0v) is 17.3. The van der Waals surface area contributed by atoms with Crippen LogP contribution in [-0.2, 0) is 4.79 Å². The van der Waals surface area contributed by atoms with Crippen LogP contribution in [0.25, 0.3) is 11.3 Å². The highest BCUT2D eigenvalue weighted by molar-refractivity contribution is 6.01. The predicted molar refractivity (Wildman–Crippen MR) is 113 cm³/mol. The molecular formula is C22H21N5O4. The second kappa shape index (κ2) is 8.39. The van der Waals surface area contributed by atoms with Crippen LogP contribution in [0, 0.1) is 6.92 Å². The molecule has 3 aromatic rings. The van der Waals surface area contributed by atoms with Gasteiger partial charge in [0.25, 0.3) is 11.8 Å². The van der Waals surface area contributed by atoms with Gasteiger partial charge >= 0.3 is 0 Å². The number of anilines is 1. The number of aromatic nitrogens is 3. The molecule has 31 heavy (non-hydrogen) atoms. The number of amides is 2. The molecule has 1 aliphatic heterocycles. The Kier molecular flexibility index (Phi) is 5.48. The Morgan fingerprint density at radius 3 is 2.74 bits per heavy atom. The van der Waals surface area contributed by atoms with Crippen molar-refractivity contribution in [3.05, 3.63) is 60.2 Å². The quantitative estimate of drug-likeness (QED) is 0.689. The summed E-state index contributed by atoms with van der Waals surface area (Å²) in [4.78, 5) is 39.9. The van der Waals surface area contributed by atoms with Crippen molar-refractivity contribution in [1.29, 1.82) is 0 Å². The van der Waals surface area contributed by atoms with Gasteiger partial charge in [0, 0.05) is 18.8 Å². The third-order valence-corrected chi connectivity index (χ3v) is 4.85. The summed E-state index contributed by atoms with van der Waals surface area (Å²) in [6, 6.07) is 10.2. The Hall–Kier alpha value is -4.01. The van der Waals surface area contributed by atoms with Crippen LogP contribution in [-0.4, -0.2) is 53.6 Å². The van der Waals surface area contributed by atoms with Gasteiger partial charge in [-0.2, -0.15) is 0 Å². The maximum absolute atomic E-state index is 12.9. The fourth-order valence-corrected chi connectivity index (χ4v) is 3.23. The van der Waals surface area contributed by atoms with Crippen LogP contribution >= 0.6 is 0 Å². The number of methoxy groups -OCH3 is 1. The Bertz CT molecular complexity index is 1140. The number of benzene rings is 1. The molecule has 1 aromatic carbocycles. The van der Waals surface area contributed by atoms with E-state index in [4.69, 9.17) is 9.47 Å². The average Bonchev–Trinajstić information content (AvgIpc) is 2.91. The van der Waals surface area contributed by atoms with E-state index in [-0.39, 0.29) is 18.3 Å². The molecule has 1 N–H and O–H groups in total. The van der Waals surface area contributed by atoms with E-state index in [1.807, 2.05) is 37.3 Å². The van der Waals surface area contributed by atoms with Gasteiger partial charge in [0.2, 0.25) is 5.82 Å². The van der Waals surface area contributed by atoms with Crippen LogP contribution in [0.3, 0.4) is 0 Å². The number of carbonyl (C=O) groups excluding carboxylic acids is 2. The number of nitrogens with one attached hydrogen (secondary N) is 1. The van der Waals surface area contributed by atoms with Gasteiger partial charge < -0.3 is 14.8 Å². The molecule has 2 aromatic heterocycles. The first kappa shape index (κ1) is 20.3. The second-order valence-electron chi connectivity index (χ2n) is 7.05. The molecule has 2 amide bonds. The van der Waals surface area contributed by atoms with Gasteiger partial charge in [-0.1, -0.05) is 30.3 Å². The van der Waals surface area contributed by atoms with Gasteiger partial charge in [-0.3, -0.25) is 14.5 Å². The minimum atomic E-state index is -0.919. The first-order valence-corrected chi connectivity index (χ1v) is 9.62. The van der Waals surface area contributed by atoms with E-state index < -0.39 is 11.9 Å². The van der Waals surface area contributed by atoms with E-state index >= 15 is 0 Å². The first-order valence-electron chi connectivity index (χ1n) is 9.62. The van der Waals surface area contributed by atoms with E-state index in [2.05, 4.69) is 20.3 Å². The van der Waals surface area contributed by atoms with E-state index in [9.17, 15) is 9.59 Å². The highest BCUT2D eigenvalue weighted by atomic mass is 16.5. The largest absolute Gasteiger partial charge is 0.493 e. The monoisotopic (exact) mass is 419 g/mol. The van der Waals surface area contributed by atoms with Gasteiger partial charge in [-0.15, -0.1) is 0 Å². The summed E-state index contributed by atoms with van der Waals surface area (Å²) >= 11 is 0. The number of fused-ring (bicyclic) bond motifs is 1. The maximum atomic E-state index is 12.9. The van der Waals surface area contributed by atoms with Crippen molar-refractivity contribution in [2.24, 2.45) is 0 Å². The smallest absolute Gasteiger partial charge is 0.289 e. The number of carbonyl (C=O) groups is 2. The highest BCUT2D eigenvalue weighted by Gasteiger charge is 2.32. The molecule has 1 atom stereocenters. The molecule has 9 heteroatoms. The van der Waals surface area contributed by atoms with Gasteiger partial charge in [-0.25, -0.2) is 15.0 Å². The second-order valence-corrected chi connectivity index (χ2v) is 7.05. The summed E-state index contributed by atoms with van der Waals surface area (Å²) in [7, 11) is 3.10. The molecule has 0 aliphatic carbocycles. The molecule has 0 radical (unpaired) electrons. The third-order valence-electron chi connectivity index (χ3n) is 4.85. The number of hydrogen-bond acceptors (Lipinski definition) is 7. The van der Waals surface area contributed by atoms with Gasteiger partial charge in [0.15, 0.2) is 17.3 Å². The van der Waals surface area contributed by atoms with Crippen LogP contribution in [0.1, 0.15) is 16.2 Å². The molecule has 0 bridgehead atoms. The van der Waals surface area contributed by atoms with Gasteiger partial charge in [0.1, 0.15) is 18.3 Å². The molecule has 9 nitrogen and oxygen atoms in total. The molecular weight excluding hydrogens is 398 g/mol. The van der Waals surface area contributed by atoms with Crippen LogP contribution in [0.2, 0.25) is 0 Å². The average molecular weight is 419 g/mol. The molecule has 0 saturated heterocycles. The summed E-state index contributed by atoms with van der Waals surface area (Å²) in [5.74, 6) is 0.309. The minimum Gasteiger partial charge on any atom is -0.493 e. The van der Waals surface area contributed by atoms with E-state index in [0.717, 1.165) is 11.1 Å². The number of hydrogen-bond donors (Lipinski definition) is 1. The Morgan fingerprint density at radius 2 is 2.00 bits per heavy atom. The SMILES string of the molecule is COc1cnc(C(=O)N[C@H]2COc3cc(C)cnc3N(C)C2=O)nc1-c1ccccc1. The van der Waals surface area contributed by atoms with E-state index in [0.29, 0.717) is 23.0 Å². The molecule has 0 saturated carbocycles. The third kappa shape index (κ3) is 4.02. The maximum Gasteiger partial charge on any atom is 0.289 e. The van der Waals surface area contributed by atoms with Crippen molar-refractivity contribution in [3.63, 3.8) is 0 Å². The summed E-state index contributed by atoms with van der Waals surface area (Å²) < 4.78 is 11.1. The van der Waals surface area contributed by atoms with Gasteiger partial charge in [0.05, 0.1) is 13.3 Å². The number of aryl methyl sites for hydroxylation is 1. The van der Waals surface area contributed by atoms with Crippen molar-refractivity contribution < 1.29 is 19.1 Å². The fraction of sp³-hybridized carbons (Fsp3) is 0.227. The topological polar surface area (TPSA) is 107 Å². The lowest BCUT2D eigenvalue weighted by molar-refractivity contribution is -0.120. The van der Waals surface area contributed by atoms with Crippen molar-refractivity contribution in [1.82, 2.24) is 20.3 Å². The molecule has 0 spiro atoms. The lowest BCUT2D eigenvalue weighted by atomic mass is 10.1. The van der Waals surface area contributed by atoms with Crippen LogP contribution in [0.5, 0.6) is 11.5 Å². The van der Waals surface area contributed by atoms with E-state index in [1.165, 1.54) is 18.2 Å². The predicted octanol–water partition coefficient (Wildman–Crippen LogP) is 2.01. The lowest BCUT2D eigenvalue weighted by Gasteiger charge is -2.19. The number of rotatable bonds is 4. The summed E-state index contributed by atoms with van der Waals surface area (Å²) in [5.41, 5.74) is 2.17. The van der Waals surface area contributed by atoms with Crippen LogP contribution in [0.15, 0.2) is 48.8 Å². The summed E-state index contributed by atoms with van der Waals surface area (Å²) in [6.07, 6.45) is 3.09. The molecule has 3 heterocycles. The zero-order chi connectivity index (χ0) is 22.0. The number of likely N-dealkylation sites (N-methyl/N-ethyl adjacent to an activating group) is 1. The summed E-state index contributed by atoms with van der Waals surface area (Å²) in [5, 5.41) is 2.67. The Morgan fingerprint density at radius 1 is 1.23 bits per heavy atom. The van der Waals surface area contributed by atoms with Crippen molar-refractivity contribution in [2.75, 3.05) is 25.7 Å². The number of pyridine rings is 1. The van der Waals surface area contributed by atoms with Crippen molar-refractivity contribution >= 4 is 17.6 Å². The van der Waals surface area contributed by atoms with Gasteiger partial charge in [-0.05, 0) is 18.6 Å². The normalized spacial score (nSPS) is 15.5. The fourth-order valence-electron chi connectivity index (χ4n) is 3.23. The molecule has 0 unspecified atom stereocenters. The highest BCUT2D eigenvalue weighted by Crippen LogP contribution is 2.29. The Balaban J connectivity index is 1.58.